The highest BCUT2D eigenvalue weighted by molar-refractivity contribution is 6.06. The second-order valence-corrected chi connectivity index (χ2v) is 7.87. The Bertz CT molecular complexity index is 1200. The van der Waals surface area contributed by atoms with E-state index in [1.807, 2.05) is 19.1 Å². The van der Waals surface area contributed by atoms with Crippen LogP contribution in [0.2, 0.25) is 0 Å². The number of pyridine rings is 1. The van der Waals surface area contributed by atoms with E-state index in [0.717, 1.165) is 16.7 Å². The van der Waals surface area contributed by atoms with E-state index in [1.165, 1.54) is 41.6 Å². The van der Waals surface area contributed by atoms with E-state index in [1.54, 1.807) is 26.2 Å². The Balaban J connectivity index is 0.000000670. The zero-order valence-electron chi connectivity index (χ0n) is 21.0. The number of nitrogens with two attached hydrogens (primary N) is 1. The Morgan fingerprint density at radius 1 is 1.20 bits per heavy atom. The zero-order chi connectivity index (χ0) is 26.5. The molecule has 0 aliphatic rings. The number of rotatable bonds is 5. The molecule has 2 aromatic heterocycles. The van der Waals surface area contributed by atoms with E-state index in [2.05, 4.69) is 48.6 Å². The van der Waals surface area contributed by atoms with E-state index in [9.17, 15) is 9.59 Å². The molecule has 0 saturated heterocycles. The molecule has 0 fully saturated rings. The summed E-state index contributed by atoms with van der Waals surface area (Å²) in [6.07, 6.45) is 11.7. The first-order valence-electron chi connectivity index (χ1n) is 10.9. The number of nitrogens with one attached hydrogen (secondary N) is 1. The molecule has 35 heavy (non-hydrogen) atoms. The van der Waals surface area contributed by atoms with E-state index in [4.69, 9.17) is 10.2 Å². The molecule has 2 heterocycles. The fourth-order valence-electron chi connectivity index (χ4n) is 2.90. The molecule has 0 bridgehead atoms. The number of carbonyl (C=O) groups is 2. The molecule has 0 atom stereocenters. The van der Waals surface area contributed by atoms with Crippen LogP contribution in [-0.2, 0) is 0 Å². The van der Waals surface area contributed by atoms with Crippen LogP contribution in [0.1, 0.15) is 53.3 Å². The molecule has 184 valence electrons. The predicted octanol–water partition coefficient (Wildman–Crippen LogP) is 4.83. The minimum atomic E-state index is -0.465. The topological polar surface area (TPSA) is 114 Å². The average molecular weight is 476 g/mol. The van der Waals surface area contributed by atoms with Crippen molar-refractivity contribution in [3.63, 3.8) is 0 Å². The summed E-state index contributed by atoms with van der Waals surface area (Å²) in [5.74, 6) is 0.0462. The van der Waals surface area contributed by atoms with Crippen LogP contribution in [0.3, 0.4) is 0 Å². The van der Waals surface area contributed by atoms with Crippen LogP contribution in [0.4, 0.5) is 5.69 Å². The highest BCUT2D eigenvalue weighted by atomic mass is 16.3. The van der Waals surface area contributed by atoms with Gasteiger partial charge in [-0.05, 0) is 56.7 Å². The summed E-state index contributed by atoms with van der Waals surface area (Å²) < 4.78 is 5.51. The van der Waals surface area contributed by atoms with Gasteiger partial charge in [0.25, 0.3) is 11.8 Å². The van der Waals surface area contributed by atoms with Gasteiger partial charge in [0.2, 0.25) is 5.96 Å². The van der Waals surface area contributed by atoms with Crippen molar-refractivity contribution in [3.05, 3.63) is 71.8 Å². The lowest BCUT2D eigenvalue weighted by molar-refractivity contribution is 0.0821. The molecule has 0 saturated carbocycles. The van der Waals surface area contributed by atoms with Crippen LogP contribution in [-0.4, -0.2) is 41.8 Å². The first-order valence-corrected chi connectivity index (χ1v) is 10.9. The van der Waals surface area contributed by atoms with Gasteiger partial charge in [-0.2, -0.15) is 0 Å². The smallest absolute Gasteiger partial charge is 0.271 e. The molecule has 1 aromatic carbocycles. The number of allylic oxidation sites excluding steroid dienone is 1. The van der Waals surface area contributed by atoms with Crippen molar-refractivity contribution < 1.29 is 14.0 Å². The minimum absolute atomic E-state index is 0.0481. The van der Waals surface area contributed by atoms with Gasteiger partial charge in [-0.1, -0.05) is 18.9 Å². The quantitative estimate of drug-likeness (QED) is 0.238. The number of aromatic nitrogens is 1. The van der Waals surface area contributed by atoms with Gasteiger partial charge in [0, 0.05) is 25.7 Å². The van der Waals surface area contributed by atoms with Crippen molar-refractivity contribution in [1.29, 1.82) is 0 Å². The van der Waals surface area contributed by atoms with Crippen LogP contribution in [0.15, 0.2) is 64.2 Å². The third-order valence-electron chi connectivity index (χ3n) is 4.44. The number of amides is 2. The lowest BCUT2D eigenvalue weighted by Gasteiger charge is -2.09. The minimum Gasteiger partial charge on any atom is -0.461 e. The lowest BCUT2D eigenvalue weighted by Crippen LogP contribution is -2.36. The van der Waals surface area contributed by atoms with Crippen LogP contribution < -0.4 is 11.1 Å². The third-order valence-corrected chi connectivity index (χ3v) is 4.44. The summed E-state index contributed by atoms with van der Waals surface area (Å²) in [5.41, 5.74) is 8.98. The molecular formula is C27H33N5O3. The van der Waals surface area contributed by atoms with Crippen LogP contribution in [0, 0.1) is 19.8 Å². The summed E-state index contributed by atoms with van der Waals surface area (Å²) in [7, 11) is 3.26. The standard InChI is InChI=1S/C19H19N5O3.C6H12.C2H2/c1-11-8-13-9-14(5-7-16(13)27-11)22-19(20)23-17(25)12-4-6-15(21-10-12)18(26)24(2)3;1-4-5-6(2)3;1-2/h4-10H,1-3H3,(H3,20,22,23,25);2,4-5H2,1,3H3;1-2H. The fourth-order valence-corrected chi connectivity index (χ4v) is 2.90. The van der Waals surface area contributed by atoms with Crippen LogP contribution in [0.25, 0.3) is 11.0 Å². The third kappa shape index (κ3) is 9.18. The van der Waals surface area contributed by atoms with Gasteiger partial charge in [0.15, 0.2) is 0 Å². The number of furan rings is 1. The molecule has 8 heteroatoms. The first kappa shape index (κ1) is 28.7. The van der Waals surface area contributed by atoms with Crippen molar-refractivity contribution in [3.8, 4) is 12.8 Å². The van der Waals surface area contributed by atoms with Gasteiger partial charge in [0.1, 0.15) is 17.0 Å². The number of hydrogen-bond donors (Lipinski definition) is 2. The Kier molecular flexibility index (Phi) is 11.5. The first-order chi connectivity index (χ1) is 16.6. The van der Waals surface area contributed by atoms with Gasteiger partial charge in [0.05, 0.1) is 11.3 Å². The van der Waals surface area contributed by atoms with Crippen LogP contribution in [0.5, 0.6) is 0 Å². The Morgan fingerprint density at radius 2 is 1.89 bits per heavy atom. The number of aryl methyl sites for hydroxylation is 1. The maximum absolute atomic E-state index is 12.3. The average Bonchev–Trinajstić information content (AvgIpc) is 3.19. The van der Waals surface area contributed by atoms with E-state index < -0.39 is 5.91 Å². The molecule has 0 radical (unpaired) electrons. The SMILES string of the molecule is C#C.C=C(C)CCC.Cc1cc2cc(N=C(N)NC(=O)c3ccc(C(=O)N(C)C)nc3)ccc2o1. The van der Waals surface area contributed by atoms with Crippen molar-refractivity contribution in [2.24, 2.45) is 10.7 Å². The number of hydrogen-bond acceptors (Lipinski definition) is 5. The van der Waals surface area contributed by atoms with Crippen LogP contribution >= 0.6 is 0 Å². The molecule has 2 amide bonds. The lowest BCUT2D eigenvalue weighted by atomic mass is 10.2. The number of benzene rings is 1. The number of carbonyl (C=O) groups excluding carboxylic acids is 2. The predicted molar refractivity (Wildman–Crippen MR) is 142 cm³/mol. The molecule has 0 unspecified atom stereocenters. The molecule has 8 nitrogen and oxygen atoms in total. The van der Waals surface area contributed by atoms with Gasteiger partial charge in [-0.15, -0.1) is 19.4 Å². The molecule has 0 aliphatic carbocycles. The van der Waals surface area contributed by atoms with Gasteiger partial charge in [-0.3, -0.25) is 19.9 Å². The van der Waals surface area contributed by atoms with Gasteiger partial charge < -0.3 is 15.1 Å². The largest absolute Gasteiger partial charge is 0.461 e. The highest BCUT2D eigenvalue weighted by Crippen LogP contribution is 2.24. The second kappa shape index (κ2) is 14.0. The normalized spacial score (nSPS) is 10.3. The summed E-state index contributed by atoms with van der Waals surface area (Å²) >= 11 is 0. The molecular weight excluding hydrogens is 442 g/mol. The van der Waals surface area contributed by atoms with Gasteiger partial charge >= 0.3 is 0 Å². The summed E-state index contributed by atoms with van der Waals surface area (Å²) in [4.78, 5) is 33.7. The van der Waals surface area contributed by atoms with E-state index in [-0.39, 0.29) is 23.1 Å². The fraction of sp³-hybridized carbons (Fsp3) is 0.259. The Hall–Kier alpha value is -4.38. The van der Waals surface area contributed by atoms with Crippen molar-refractivity contribution in [2.45, 2.75) is 33.6 Å². The maximum atomic E-state index is 12.3. The van der Waals surface area contributed by atoms with Gasteiger partial charge in [-0.25, -0.2) is 4.99 Å². The van der Waals surface area contributed by atoms with Crippen molar-refractivity contribution in [2.75, 3.05) is 14.1 Å². The maximum Gasteiger partial charge on any atom is 0.271 e. The number of nitrogens with zero attached hydrogens (tertiary/aromatic N) is 3. The zero-order valence-corrected chi connectivity index (χ0v) is 21.0. The second-order valence-electron chi connectivity index (χ2n) is 7.87. The number of aliphatic imine (C=N–C) groups is 1. The Labute approximate surface area is 206 Å². The molecule has 3 N–H and O–H groups in total. The highest BCUT2D eigenvalue weighted by Gasteiger charge is 2.12. The molecule has 0 aliphatic heterocycles. The van der Waals surface area contributed by atoms with E-state index in [0.29, 0.717) is 5.69 Å². The monoisotopic (exact) mass is 475 g/mol. The van der Waals surface area contributed by atoms with E-state index >= 15 is 0 Å². The number of terminal acetylenes is 1. The summed E-state index contributed by atoms with van der Waals surface area (Å²) in [6, 6.07) is 10.2. The summed E-state index contributed by atoms with van der Waals surface area (Å²) in [5, 5.41) is 3.40. The molecule has 3 rings (SSSR count). The van der Waals surface area contributed by atoms with Crippen molar-refractivity contribution in [1.82, 2.24) is 15.2 Å². The van der Waals surface area contributed by atoms with Crippen molar-refractivity contribution >= 4 is 34.4 Å². The number of guanidine groups is 1. The summed E-state index contributed by atoms with van der Waals surface area (Å²) in [6.45, 7) is 9.83. The molecule has 0 spiro atoms. The Morgan fingerprint density at radius 3 is 2.40 bits per heavy atom. The molecule has 3 aromatic rings. The number of fused-ring (bicyclic) bond motifs is 1.